The molecule has 2 aliphatic heterocycles. The van der Waals surface area contributed by atoms with Crippen molar-refractivity contribution in [3.8, 4) is 0 Å². The number of ether oxygens (including phenoxy) is 1. The van der Waals surface area contributed by atoms with Gasteiger partial charge in [0.05, 0.1) is 6.61 Å². The number of rotatable bonds is 7. The van der Waals surface area contributed by atoms with Gasteiger partial charge in [0.2, 0.25) is 0 Å². The number of carbonyl (C=O) groups excluding carboxylic acids is 3. The number of benzene rings is 1. The molecule has 2 amide bonds. The van der Waals surface area contributed by atoms with Crippen molar-refractivity contribution in [2.24, 2.45) is 0 Å². The molecule has 3 rings (SSSR count). The van der Waals surface area contributed by atoms with Crippen molar-refractivity contribution >= 4 is 35.5 Å². The molecule has 2 unspecified atom stereocenters. The Morgan fingerprint density at radius 1 is 1.33 bits per heavy atom. The largest absolute Gasteiger partial charge is 0.477 e. The minimum Gasteiger partial charge on any atom is -0.477 e. The number of aliphatic hydroxyl groups excluding tert-OH is 1. The average molecular weight is 432 g/mol. The number of carbonyl (C=O) groups is 4. The molecular weight excluding hydrogens is 412 g/mol. The van der Waals surface area contributed by atoms with Crippen LogP contribution in [0.3, 0.4) is 0 Å². The highest BCUT2D eigenvalue weighted by Gasteiger charge is 2.54. The number of aliphatic hydroxyl groups is 1. The third-order valence-corrected chi connectivity index (χ3v) is 5.87. The number of allylic oxidation sites excluding steroid dienone is 1. The molecule has 0 aromatic heterocycles. The second kappa shape index (κ2) is 9.14. The molecule has 0 aliphatic carbocycles. The predicted octanol–water partition coefficient (Wildman–Crippen LogP) is 0.578. The maximum Gasteiger partial charge on any atom is 0.352 e. The monoisotopic (exact) mass is 432 g/mol. The summed E-state index contributed by atoms with van der Waals surface area (Å²) >= 11 is 1.25. The molecular formula is C20H20N2O7S. The number of thioether (sulfide) groups is 1. The summed E-state index contributed by atoms with van der Waals surface area (Å²) in [4.78, 5) is 49.3. The van der Waals surface area contributed by atoms with Crippen LogP contribution < -0.4 is 5.32 Å². The third-order valence-electron chi connectivity index (χ3n) is 4.57. The zero-order valence-corrected chi connectivity index (χ0v) is 16.8. The van der Waals surface area contributed by atoms with E-state index < -0.39 is 41.3 Å². The Morgan fingerprint density at radius 2 is 2.03 bits per heavy atom. The van der Waals surface area contributed by atoms with Gasteiger partial charge in [-0.2, -0.15) is 0 Å². The number of carboxylic acids is 1. The zero-order chi connectivity index (χ0) is 21.8. The number of β-lactam (4-membered cyclic amide) rings is 1. The molecule has 2 aliphatic rings. The number of aliphatic carboxylic acids is 1. The van der Waals surface area contributed by atoms with Gasteiger partial charge < -0.3 is 20.3 Å². The lowest BCUT2D eigenvalue weighted by atomic mass is 10.0. The molecule has 2 heterocycles. The highest BCUT2D eigenvalue weighted by atomic mass is 32.2. The quantitative estimate of drug-likeness (QED) is 0.324. The van der Waals surface area contributed by atoms with Crippen molar-refractivity contribution in [2.45, 2.75) is 24.4 Å². The molecule has 0 radical (unpaired) electrons. The lowest BCUT2D eigenvalue weighted by molar-refractivity contribution is -0.151. The number of fused-ring (bicyclic) bond motifs is 1. The van der Waals surface area contributed by atoms with Gasteiger partial charge in [-0.15, -0.1) is 11.8 Å². The van der Waals surface area contributed by atoms with Gasteiger partial charge in [-0.25, -0.2) is 9.59 Å². The number of carboxylic acid groups (broad SMARTS) is 1. The van der Waals surface area contributed by atoms with E-state index in [0.717, 1.165) is 11.0 Å². The number of nitrogens with zero attached hydrogens (tertiary/aromatic N) is 1. The van der Waals surface area contributed by atoms with Crippen molar-refractivity contribution in [3.05, 3.63) is 59.3 Å². The van der Waals surface area contributed by atoms with Gasteiger partial charge >= 0.3 is 11.9 Å². The molecule has 3 atom stereocenters. The molecule has 1 saturated heterocycles. The summed E-state index contributed by atoms with van der Waals surface area (Å²) in [5.74, 6) is -3.04. The van der Waals surface area contributed by atoms with E-state index in [9.17, 15) is 29.4 Å². The van der Waals surface area contributed by atoms with Crippen LogP contribution in [0.4, 0.5) is 0 Å². The fraction of sp³-hybridized carbons (Fsp3) is 0.300. The van der Waals surface area contributed by atoms with Crippen LogP contribution in [-0.4, -0.2) is 62.6 Å². The first kappa shape index (κ1) is 21.6. The number of hydrogen-bond donors (Lipinski definition) is 3. The van der Waals surface area contributed by atoms with E-state index in [1.165, 1.54) is 17.8 Å². The van der Waals surface area contributed by atoms with Crippen LogP contribution in [0.25, 0.3) is 0 Å². The van der Waals surface area contributed by atoms with Gasteiger partial charge in [0, 0.05) is 11.8 Å². The van der Waals surface area contributed by atoms with Crippen molar-refractivity contribution in [1.82, 2.24) is 10.2 Å². The first-order chi connectivity index (χ1) is 14.3. The zero-order valence-electron chi connectivity index (χ0n) is 16.0. The van der Waals surface area contributed by atoms with Crippen LogP contribution >= 0.6 is 11.8 Å². The van der Waals surface area contributed by atoms with Crippen LogP contribution in [0, 0.1) is 0 Å². The highest BCUT2D eigenvalue weighted by Crippen LogP contribution is 2.40. The molecule has 3 N–H and O–H groups in total. The molecule has 158 valence electrons. The van der Waals surface area contributed by atoms with Gasteiger partial charge in [0.15, 0.2) is 6.10 Å². The standard InChI is InChI=1S/C20H20N2O7S/c1-2-29-13(23)9-8-12-10-30-19-14(18(26)22(19)15(12)20(27)28)21-17(25)16(24)11-6-4-3-5-7-11/h3-9,14,16,19,24H,2,10H2,1H3,(H,21,25)(H,27,28)/t14?,16?,19-/m0/s1. The van der Waals surface area contributed by atoms with Crippen LogP contribution in [0.15, 0.2) is 53.8 Å². The van der Waals surface area contributed by atoms with Crippen LogP contribution in [-0.2, 0) is 23.9 Å². The summed E-state index contributed by atoms with van der Waals surface area (Å²) in [6.45, 7) is 1.84. The summed E-state index contributed by atoms with van der Waals surface area (Å²) < 4.78 is 4.78. The summed E-state index contributed by atoms with van der Waals surface area (Å²) in [6, 6.07) is 7.31. The molecule has 30 heavy (non-hydrogen) atoms. The molecule has 1 fully saturated rings. The normalized spacial score (nSPS) is 21.7. The molecule has 0 saturated carbocycles. The number of nitrogens with one attached hydrogen (secondary N) is 1. The van der Waals surface area contributed by atoms with Gasteiger partial charge in [-0.1, -0.05) is 30.3 Å². The molecule has 10 heteroatoms. The summed E-state index contributed by atoms with van der Waals surface area (Å²) in [6.07, 6.45) is 0.991. The molecule has 0 spiro atoms. The molecule has 1 aromatic carbocycles. The van der Waals surface area contributed by atoms with Crippen molar-refractivity contribution < 1.29 is 34.1 Å². The number of hydrogen-bond acceptors (Lipinski definition) is 7. The second-order valence-corrected chi connectivity index (χ2v) is 7.58. The molecule has 9 nitrogen and oxygen atoms in total. The maximum absolute atomic E-state index is 12.6. The Morgan fingerprint density at radius 3 is 2.67 bits per heavy atom. The Labute approximate surface area is 176 Å². The van der Waals surface area contributed by atoms with Crippen molar-refractivity contribution in [1.29, 1.82) is 0 Å². The maximum atomic E-state index is 12.6. The van der Waals surface area contributed by atoms with Gasteiger partial charge in [0.1, 0.15) is 17.1 Å². The number of amides is 2. The van der Waals surface area contributed by atoms with E-state index >= 15 is 0 Å². The van der Waals surface area contributed by atoms with E-state index in [4.69, 9.17) is 4.74 Å². The second-order valence-electron chi connectivity index (χ2n) is 6.47. The van der Waals surface area contributed by atoms with E-state index in [-0.39, 0.29) is 18.1 Å². The van der Waals surface area contributed by atoms with Crippen molar-refractivity contribution in [3.63, 3.8) is 0 Å². The predicted molar refractivity (Wildman–Crippen MR) is 107 cm³/mol. The first-order valence-corrected chi connectivity index (χ1v) is 10.2. The van der Waals surface area contributed by atoms with E-state index in [2.05, 4.69) is 5.32 Å². The van der Waals surface area contributed by atoms with Gasteiger partial charge in [-0.3, -0.25) is 14.5 Å². The number of esters is 1. The minimum atomic E-state index is -1.45. The lowest BCUT2D eigenvalue weighted by Gasteiger charge is -2.49. The molecule has 0 bridgehead atoms. The summed E-state index contributed by atoms with van der Waals surface area (Å²) in [7, 11) is 0. The van der Waals surface area contributed by atoms with Crippen LogP contribution in [0.2, 0.25) is 0 Å². The third kappa shape index (κ3) is 4.24. The Bertz CT molecular complexity index is 928. The highest BCUT2D eigenvalue weighted by molar-refractivity contribution is 8.00. The van der Waals surface area contributed by atoms with Crippen LogP contribution in [0.1, 0.15) is 18.6 Å². The minimum absolute atomic E-state index is 0.186. The topological polar surface area (TPSA) is 133 Å². The Hall–Kier alpha value is -3.11. The SMILES string of the molecule is CCOC(=O)C=CC1=C(C(=O)O)N2C(=O)C(NC(=O)C(O)c3ccccc3)[C@@H]2SC1. The Kier molecular flexibility index (Phi) is 6.58. The van der Waals surface area contributed by atoms with Gasteiger partial charge in [-0.05, 0) is 24.1 Å². The van der Waals surface area contributed by atoms with E-state index in [1.54, 1.807) is 37.3 Å². The van der Waals surface area contributed by atoms with E-state index in [1.807, 2.05) is 0 Å². The summed E-state index contributed by atoms with van der Waals surface area (Å²) in [5, 5.41) is 21.7. The fourth-order valence-corrected chi connectivity index (χ4v) is 4.47. The Balaban J connectivity index is 1.74. The lowest BCUT2D eigenvalue weighted by Crippen LogP contribution is -2.70. The first-order valence-electron chi connectivity index (χ1n) is 9.14. The fourth-order valence-electron chi connectivity index (χ4n) is 3.15. The van der Waals surface area contributed by atoms with Crippen LogP contribution in [0.5, 0.6) is 0 Å². The average Bonchev–Trinajstić information content (AvgIpc) is 2.75. The van der Waals surface area contributed by atoms with Gasteiger partial charge in [0.25, 0.3) is 11.8 Å². The summed E-state index contributed by atoms with van der Waals surface area (Å²) in [5.41, 5.74) is 0.435. The van der Waals surface area contributed by atoms with E-state index in [0.29, 0.717) is 11.1 Å². The van der Waals surface area contributed by atoms with Crippen molar-refractivity contribution in [2.75, 3.05) is 12.4 Å². The smallest absolute Gasteiger partial charge is 0.352 e. The molecule has 1 aromatic rings.